The topological polar surface area (TPSA) is 29.1 Å². The van der Waals surface area contributed by atoms with Crippen LogP contribution in [0.4, 0.5) is 13.2 Å². The summed E-state index contributed by atoms with van der Waals surface area (Å²) in [4.78, 5) is 10.3. The Balaban J connectivity index is 3.73. The molecule has 0 aromatic carbocycles. The van der Waals surface area contributed by atoms with Gasteiger partial charge in [0.2, 0.25) is 0 Å². The van der Waals surface area contributed by atoms with Crippen LogP contribution in [0.15, 0.2) is 11.6 Å². The molecule has 2 nitrogen and oxygen atoms in total. The first kappa shape index (κ1) is 12.0. The number of alkyl halides is 3. The van der Waals surface area contributed by atoms with Crippen molar-refractivity contribution in [3.8, 4) is 0 Å². The SMILES string of the molecule is C/C=C(\C)CCNC(=O)C(F)(F)F. The Morgan fingerprint density at radius 2 is 2.00 bits per heavy atom. The molecule has 0 aliphatic heterocycles. The van der Waals surface area contributed by atoms with Crippen LogP contribution in [0.3, 0.4) is 0 Å². The van der Waals surface area contributed by atoms with Gasteiger partial charge in [-0.1, -0.05) is 11.6 Å². The van der Waals surface area contributed by atoms with Crippen LogP contribution in [0.2, 0.25) is 0 Å². The smallest absolute Gasteiger partial charge is 0.348 e. The Labute approximate surface area is 74.8 Å². The molecule has 76 valence electrons. The zero-order chi connectivity index (χ0) is 10.5. The summed E-state index contributed by atoms with van der Waals surface area (Å²) in [7, 11) is 0. The van der Waals surface area contributed by atoms with Crippen molar-refractivity contribution in [3.63, 3.8) is 0 Å². The molecule has 5 heteroatoms. The van der Waals surface area contributed by atoms with Gasteiger partial charge in [0.1, 0.15) is 0 Å². The second kappa shape index (κ2) is 4.89. The standard InChI is InChI=1S/C8H12F3NO/c1-3-6(2)4-5-12-7(13)8(9,10)11/h3H,4-5H2,1-2H3,(H,12,13)/b6-3+. The average Bonchev–Trinajstić information content (AvgIpc) is 2.02. The minimum atomic E-state index is -4.77. The summed E-state index contributed by atoms with van der Waals surface area (Å²) in [6.45, 7) is 3.61. The molecule has 0 aromatic heterocycles. The van der Waals surface area contributed by atoms with Gasteiger partial charge in [0.15, 0.2) is 0 Å². The third-order valence-electron chi connectivity index (χ3n) is 1.56. The maximum Gasteiger partial charge on any atom is 0.471 e. The first-order chi connectivity index (χ1) is 5.88. The normalized spacial score (nSPS) is 12.8. The first-order valence-corrected chi connectivity index (χ1v) is 3.84. The molecule has 0 saturated heterocycles. The van der Waals surface area contributed by atoms with Gasteiger partial charge >= 0.3 is 12.1 Å². The monoisotopic (exact) mass is 195 g/mol. The summed E-state index contributed by atoms with van der Waals surface area (Å²) in [5, 5.41) is 1.78. The van der Waals surface area contributed by atoms with E-state index >= 15 is 0 Å². The highest BCUT2D eigenvalue weighted by atomic mass is 19.4. The van der Waals surface area contributed by atoms with Crippen molar-refractivity contribution in [1.29, 1.82) is 0 Å². The molecule has 0 bridgehead atoms. The largest absolute Gasteiger partial charge is 0.471 e. The van der Waals surface area contributed by atoms with Crippen molar-refractivity contribution in [2.45, 2.75) is 26.4 Å². The van der Waals surface area contributed by atoms with E-state index in [0.29, 0.717) is 6.42 Å². The molecule has 0 aromatic rings. The number of hydrogen-bond acceptors (Lipinski definition) is 1. The molecule has 0 spiro atoms. The van der Waals surface area contributed by atoms with Crippen molar-refractivity contribution < 1.29 is 18.0 Å². The highest BCUT2D eigenvalue weighted by molar-refractivity contribution is 5.81. The first-order valence-electron chi connectivity index (χ1n) is 3.84. The molecule has 0 fully saturated rings. The number of nitrogens with one attached hydrogen (secondary N) is 1. The van der Waals surface area contributed by atoms with E-state index in [1.54, 1.807) is 25.2 Å². The molecule has 0 atom stereocenters. The zero-order valence-corrected chi connectivity index (χ0v) is 7.53. The molecule has 0 heterocycles. The fourth-order valence-corrected chi connectivity index (χ4v) is 0.618. The van der Waals surface area contributed by atoms with Crippen LogP contribution in [-0.4, -0.2) is 18.6 Å². The van der Waals surface area contributed by atoms with Crippen molar-refractivity contribution >= 4 is 5.91 Å². The van der Waals surface area contributed by atoms with Crippen molar-refractivity contribution in [3.05, 3.63) is 11.6 Å². The number of amides is 1. The maximum absolute atomic E-state index is 11.6. The minimum Gasteiger partial charge on any atom is -0.348 e. The molecule has 0 aliphatic carbocycles. The molecular weight excluding hydrogens is 183 g/mol. The van der Waals surface area contributed by atoms with Gasteiger partial charge in [-0.15, -0.1) is 0 Å². The van der Waals surface area contributed by atoms with Gasteiger partial charge in [0.05, 0.1) is 0 Å². The van der Waals surface area contributed by atoms with Gasteiger partial charge in [-0.05, 0) is 20.3 Å². The summed E-state index contributed by atoms with van der Waals surface area (Å²) < 4.78 is 34.9. The summed E-state index contributed by atoms with van der Waals surface area (Å²) in [6.07, 6.45) is -2.54. The fraction of sp³-hybridized carbons (Fsp3) is 0.625. The van der Waals surface area contributed by atoms with Crippen molar-refractivity contribution in [1.82, 2.24) is 5.32 Å². The number of hydrogen-bond donors (Lipinski definition) is 1. The van der Waals surface area contributed by atoms with E-state index in [1.807, 2.05) is 0 Å². The summed E-state index contributed by atoms with van der Waals surface area (Å²) >= 11 is 0. The van der Waals surface area contributed by atoms with E-state index in [0.717, 1.165) is 5.57 Å². The lowest BCUT2D eigenvalue weighted by molar-refractivity contribution is -0.173. The van der Waals surface area contributed by atoms with Gasteiger partial charge in [-0.25, -0.2) is 0 Å². The van der Waals surface area contributed by atoms with Crippen LogP contribution in [0, 0.1) is 0 Å². The van der Waals surface area contributed by atoms with E-state index in [2.05, 4.69) is 0 Å². The Morgan fingerprint density at radius 3 is 2.38 bits per heavy atom. The van der Waals surface area contributed by atoms with Crippen molar-refractivity contribution in [2.24, 2.45) is 0 Å². The van der Waals surface area contributed by atoms with Crippen LogP contribution in [-0.2, 0) is 4.79 Å². The molecule has 0 saturated carbocycles. The predicted octanol–water partition coefficient (Wildman–Crippen LogP) is 2.02. The number of carbonyl (C=O) groups is 1. The minimum absolute atomic E-state index is 0.0223. The van der Waals surface area contributed by atoms with Crippen LogP contribution >= 0.6 is 0 Å². The van der Waals surface area contributed by atoms with Crippen LogP contribution in [0.25, 0.3) is 0 Å². The quantitative estimate of drug-likeness (QED) is 0.686. The average molecular weight is 195 g/mol. The van der Waals surface area contributed by atoms with E-state index < -0.39 is 12.1 Å². The zero-order valence-electron chi connectivity index (χ0n) is 7.53. The maximum atomic E-state index is 11.6. The van der Waals surface area contributed by atoms with Crippen LogP contribution < -0.4 is 5.32 Å². The number of halogens is 3. The molecular formula is C8H12F3NO. The second-order valence-electron chi connectivity index (χ2n) is 2.64. The van der Waals surface area contributed by atoms with Gasteiger partial charge < -0.3 is 5.32 Å². The second-order valence-corrected chi connectivity index (χ2v) is 2.64. The molecule has 13 heavy (non-hydrogen) atoms. The summed E-state index contributed by atoms with van der Waals surface area (Å²) in [5.41, 5.74) is 0.947. The molecule has 0 radical (unpaired) electrons. The Hall–Kier alpha value is -1.00. The van der Waals surface area contributed by atoms with Gasteiger partial charge in [0, 0.05) is 6.54 Å². The fourth-order valence-electron chi connectivity index (χ4n) is 0.618. The summed E-state index contributed by atoms with van der Waals surface area (Å²) in [6, 6.07) is 0. The van der Waals surface area contributed by atoms with E-state index in [-0.39, 0.29) is 6.54 Å². The van der Waals surface area contributed by atoms with E-state index in [9.17, 15) is 18.0 Å². The Bertz CT molecular complexity index is 208. The predicted molar refractivity (Wildman–Crippen MR) is 43.1 cm³/mol. The van der Waals surface area contributed by atoms with Crippen LogP contribution in [0.1, 0.15) is 20.3 Å². The van der Waals surface area contributed by atoms with Gasteiger partial charge in [0.25, 0.3) is 0 Å². The molecule has 1 N–H and O–H groups in total. The molecule has 0 aliphatic rings. The number of carbonyl (C=O) groups excluding carboxylic acids is 1. The molecule has 0 unspecified atom stereocenters. The number of rotatable bonds is 3. The number of allylic oxidation sites excluding steroid dienone is 1. The van der Waals surface area contributed by atoms with E-state index in [1.165, 1.54) is 0 Å². The Morgan fingerprint density at radius 1 is 1.46 bits per heavy atom. The van der Waals surface area contributed by atoms with Gasteiger partial charge in [-0.2, -0.15) is 13.2 Å². The van der Waals surface area contributed by atoms with Crippen LogP contribution in [0.5, 0.6) is 0 Å². The van der Waals surface area contributed by atoms with Gasteiger partial charge in [-0.3, -0.25) is 4.79 Å². The van der Waals surface area contributed by atoms with Crippen molar-refractivity contribution in [2.75, 3.05) is 6.54 Å². The molecule has 1 amide bonds. The third-order valence-corrected chi connectivity index (χ3v) is 1.56. The lowest BCUT2D eigenvalue weighted by Gasteiger charge is -2.07. The highest BCUT2D eigenvalue weighted by Crippen LogP contribution is 2.13. The lowest BCUT2D eigenvalue weighted by Crippen LogP contribution is -2.37. The molecule has 0 rings (SSSR count). The third kappa shape index (κ3) is 5.27. The highest BCUT2D eigenvalue weighted by Gasteiger charge is 2.38. The lowest BCUT2D eigenvalue weighted by atomic mass is 10.2. The Kier molecular flexibility index (Phi) is 4.51. The van der Waals surface area contributed by atoms with E-state index in [4.69, 9.17) is 0 Å². The summed E-state index contributed by atoms with van der Waals surface area (Å²) in [5.74, 6) is -1.88.